The van der Waals surface area contributed by atoms with Gasteiger partial charge in [0, 0.05) is 5.56 Å². The molecule has 1 aliphatic rings. The molecule has 170 valence electrons. The molecule has 1 fully saturated rings. The predicted molar refractivity (Wildman–Crippen MR) is 119 cm³/mol. The van der Waals surface area contributed by atoms with Gasteiger partial charge >= 0.3 is 0 Å². The van der Waals surface area contributed by atoms with Crippen molar-refractivity contribution >= 4 is 0 Å². The molecule has 0 unspecified atom stereocenters. The van der Waals surface area contributed by atoms with Crippen LogP contribution in [-0.2, 0) is 0 Å². The van der Waals surface area contributed by atoms with Crippen LogP contribution in [0.1, 0.15) is 94.6 Å². The van der Waals surface area contributed by atoms with Crippen molar-refractivity contribution in [3.05, 3.63) is 58.7 Å². The number of aryl methyl sites for hydroxylation is 1. The van der Waals surface area contributed by atoms with Gasteiger partial charge < -0.3 is 0 Å². The number of hydrogen-bond acceptors (Lipinski definition) is 0. The zero-order valence-electron chi connectivity index (χ0n) is 18.8. The molecule has 0 nitrogen and oxygen atoms in total. The molecule has 0 heterocycles. The minimum Gasteiger partial charge on any atom is -0.206 e. The molecule has 0 amide bonds. The highest BCUT2D eigenvalue weighted by Crippen LogP contribution is 2.39. The number of unbranched alkanes of at least 4 members (excludes halogenated alkanes) is 5. The van der Waals surface area contributed by atoms with Crippen LogP contribution in [0.5, 0.6) is 0 Å². The molecule has 0 N–H and O–H groups in total. The van der Waals surface area contributed by atoms with Crippen LogP contribution in [0.2, 0.25) is 0 Å². The van der Waals surface area contributed by atoms with Crippen LogP contribution in [-0.4, -0.2) is 0 Å². The van der Waals surface area contributed by atoms with E-state index in [9.17, 15) is 17.6 Å². The molecule has 1 aliphatic carbocycles. The van der Waals surface area contributed by atoms with E-state index < -0.39 is 28.8 Å². The summed E-state index contributed by atoms with van der Waals surface area (Å²) in [6.45, 7) is 3.52. The lowest BCUT2D eigenvalue weighted by molar-refractivity contribution is 0.301. The van der Waals surface area contributed by atoms with Crippen molar-refractivity contribution in [2.45, 2.75) is 90.4 Å². The molecule has 0 bridgehead atoms. The fourth-order valence-corrected chi connectivity index (χ4v) is 4.95. The van der Waals surface area contributed by atoms with Gasteiger partial charge in [0.25, 0.3) is 0 Å². The van der Waals surface area contributed by atoms with Gasteiger partial charge in [-0.2, -0.15) is 0 Å². The lowest BCUT2D eigenvalue weighted by Gasteiger charge is -2.29. The van der Waals surface area contributed by atoms with Gasteiger partial charge in [0.05, 0.1) is 5.56 Å². The molecule has 31 heavy (non-hydrogen) atoms. The van der Waals surface area contributed by atoms with E-state index in [2.05, 4.69) is 6.92 Å². The van der Waals surface area contributed by atoms with E-state index in [0.717, 1.165) is 43.2 Å². The summed E-state index contributed by atoms with van der Waals surface area (Å²) in [5, 5.41) is 0. The second kappa shape index (κ2) is 11.2. The van der Waals surface area contributed by atoms with Crippen molar-refractivity contribution in [3.8, 4) is 11.1 Å². The minimum absolute atomic E-state index is 0.131. The summed E-state index contributed by atoms with van der Waals surface area (Å²) in [6.07, 6.45) is 13.5. The van der Waals surface area contributed by atoms with Gasteiger partial charge in [-0.25, -0.2) is 17.6 Å². The third-order valence-electron chi connectivity index (χ3n) is 6.89. The summed E-state index contributed by atoms with van der Waals surface area (Å²) in [5.41, 5.74) is -0.120. The lowest BCUT2D eigenvalue weighted by Crippen LogP contribution is -2.13. The van der Waals surface area contributed by atoms with Gasteiger partial charge in [-0.3, -0.25) is 0 Å². The van der Waals surface area contributed by atoms with Crippen LogP contribution >= 0.6 is 0 Å². The first-order valence-corrected chi connectivity index (χ1v) is 11.9. The minimum atomic E-state index is -1.33. The third-order valence-corrected chi connectivity index (χ3v) is 6.89. The Balaban J connectivity index is 1.59. The van der Waals surface area contributed by atoms with Crippen molar-refractivity contribution in [1.82, 2.24) is 0 Å². The standard InChI is InChI=1S/C27H34F4/c1-3-4-5-6-7-8-9-19-10-12-20(13-11-19)21-14-15-22(23(28)17-21)25-24(29)16-18(2)26(30)27(25)31/h14-17,19-20H,3-13H2,1-2H3. The summed E-state index contributed by atoms with van der Waals surface area (Å²) < 4.78 is 57.3. The second-order valence-electron chi connectivity index (χ2n) is 9.19. The molecule has 0 spiro atoms. The van der Waals surface area contributed by atoms with Crippen LogP contribution < -0.4 is 0 Å². The van der Waals surface area contributed by atoms with Gasteiger partial charge in [0.1, 0.15) is 11.6 Å². The second-order valence-corrected chi connectivity index (χ2v) is 9.19. The molecule has 0 aliphatic heterocycles. The Hall–Kier alpha value is -1.84. The Morgan fingerprint density at radius 3 is 2.13 bits per heavy atom. The zero-order chi connectivity index (χ0) is 22.4. The molecule has 0 aromatic heterocycles. The maximum absolute atomic E-state index is 14.8. The highest BCUT2D eigenvalue weighted by Gasteiger charge is 2.25. The fourth-order valence-electron chi connectivity index (χ4n) is 4.95. The monoisotopic (exact) mass is 434 g/mol. The van der Waals surface area contributed by atoms with Crippen molar-refractivity contribution in [1.29, 1.82) is 0 Å². The Morgan fingerprint density at radius 1 is 0.774 bits per heavy atom. The van der Waals surface area contributed by atoms with Crippen LogP contribution in [0, 0.1) is 36.1 Å². The van der Waals surface area contributed by atoms with Crippen molar-refractivity contribution < 1.29 is 17.6 Å². The van der Waals surface area contributed by atoms with E-state index in [0.29, 0.717) is 0 Å². The fraction of sp³-hybridized carbons (Fsp3) is 0.556. The predicted octanol–water partition coefficient (Wildman–Crippen LogP) is 9.24. The molecule has 0 atom stereocenters. The van der Waals surface area contributed by atoms with E-state index in [4.69, 9.17) is 0 Å². The molecular weight excluding hydrogens is 400 g/mol. The van der Waals surface area contributed by atoms with Crippen LogP contribution in [0.4, 0.5) is 17.6 Å². The molecule has 2 aromatic rings. The Kier molecular flexibility index (Phi) is 8.57. The van der Waals surface area contributed by atoms with Crippen molar-refractivity contribution in [2.75, 3.05) is 0 Å². The molecule has 4 heteroatoms. The normalized spacial score (nSPS) is 19.0. The summed E-state index contributed by atoms with van der Waals surface area (Å²) in [7, 11) is 0. The average Bonchev–Trinajstić information content (AvgIpc) is 2.76. The number of benzene rings is 2. The van der Waals surface area contributed by atoms with Crippen molar-refractivity contribution in [3.63, 3.8) is 0 Å². The summed E-state index contributed by atoms with van der Waals surface area (Å²) in [4.78, 5) is 0. The SMILES string of the molecule is CCCCCCCCC1CCC(c2ccc(-c3c(F)cc(C)c(F)c3F)c(F)c2)CC1. The van der Waals surface area contributed by atoms with E-state index in [-0.39, 0.29) is 17.0 Å². The van der Waals surface area contributed by atoms with Crippen LogP contribution in [0.15, 0.2) is 24.3 Å². The number of hydrogen-bond donors (Lipinski definition) is 0. The smallest absolute Gasteiger partial charge is 0.169 e. The summed E-state index contributed by atoms with van der Waals surface area (Å²) >= 11 is 0. The highest BCUT2D eigenvalue weighted by molar-refractivity contribution is 5.66. The molecule has 0 radical (unpaired) electrons. The first-order chi connectivity index (χ1) is 14.9. The largest absolute Gasteiger partial charge is 0.206 e. The molecule has 1 saturated carbocycles. The van der Waals surface area contributed by atoms with Gasteiger partial charge in [-0.15, -0.1) is 0 Å². The molecule has 3 rings (SSSR count). The quantitative estimate of drug-likeness (QED) is 0.210. The van der Waals surface area contributed by atoms with Gasteiger partial charge in [0.15, 0.2) is 11.6 Å². The number of halogens is 4. The Labute approximate surface area is 184 Å². The maximum atomic E-state index is 14.8. The first kappa shape index (κ1) is 23.8. The van der Waals surface area contributed by atoms with Gasteiger partial charge in [-0.1, -0.05) is 64.0 Å². The molecule has 0 saturated heterocycles. The maximum Gasteiger partial charge on any atom is 0.169 e. The van der Waals surface area contributed by atoms with Gasteiger partial charge in [-0.05, 0) is 67.7 Å². The van der Waals surface area contributed by atoms with Crippen LogP contribution in [0.25, 0.3) is 11.1 Å². The molecule has 2 aromatic carbocycles. The Bertz CT molecular complexity index is 866. The zero-order valence-corrected chi connectivity index (χ0v) is 18.8. The number of rotatable bonds is 9. The van der Waals surface area contributed by atoms with Crippen LogP contribution in [0.3, 0.4) is 0 Å². The lowest BCUT2D eigenvalue weighted by atomic mass is 9.77. The van der Waals surface area contributed by atoms with E-state index >= 15 is 0 Å². The molecular formula is C27H34F4. The van der Waals surface area contributed by atoms with E-state index in [1.54, 1.807) is 6.07 Å². The highest BCUT2D eigenvalue weighted by atomic mass is 19.2. The summed E-state index contributed by atoms with van der Waals surface area (Å²) in [5.74, 6) is -3.09. The topological polar surface area (TPSA) is 0 Å². The summed E-state index contributed by atoms with van der Waals surface area (Å²) in [6, 6.07) is 5.42. The third kappa shape index (κ3) is 5.90. The first-order valence-electron chi connectivity index (χ1n) is 11.9. The van der Waals surface area contributed by atoms with E-state index in [1.165, 1.54) is 64.0 Å². The van der Waals surface area contributed by atoms with Gasteiger partial charge in [0.2, 0.25) is 0 Å². The average molecular weight is 435 g/mol. The Morgan fingerprint density at radius 2 is 1.45 bits per heavy atom. The van der Waals surface area contributed by atoms with E-state index in [1.807, 2.05) is 0 Å². The van der Waals surface area contributed by atoms with Crippen molar-refractivity contribution in [2.24, 2.45) is 5.92 Å².